The van der Waals surface area contributed by atoms with Crippen LogP contribution in [0.2, 0.25) is 0 Å². The maximum atomic E-state index is 10.9. The molecule has 0 heterocycles. The molecule has 0 aliphatic heterocycles. The largest absolute Gasteiger partial charge is 0.508 e. The second-order valence-electron chi connectivity index (χ2n) is 3.05. The number of hydrogen-bond donors (Lipinski definition) is 1. The fourth-order valence-electron chi connectivity index (χ4n) is 1.19. The number of benzene rings is 1. The van der Waals surface area contributed by atoms with E-state index in [0.717, 1.165) is 10.0 Å². The van der Waals surface area contributed by atoms with Crippen molar-refractivity contribution in [1.82, 2.24) is 0 Å². The molecule has 0 aromatic heterocycles. The van der Waals surface area contributed by atoms with Crippen LogP contribution in [0.15, 0.2) is 16.6 Å². The Hall–Kier alpha value is -0.830. The van der Waals surface area contributed by atoms with Crippen LogP contribution < -0.4 is 0 Å². The molecule has 70 valence electrons. The zero-order chi connectivity index (χ0) is 10.0. The molecule has 1 aromatic rings. The van der Waals surface area contributed by atoms with Crippen molar-refractivity contribution in [2.75, 3.05) is 0 Å². The van der Waals surface area contributed by atoms with Crippen molar-refractivity contribution in [2.45, 2.75) is 20.3 Å². The SMILES string of the molecule is CC(=O)Cc1c(O)ccc(Br)c1C. The van der Waals surface area contributed by atoms with Gasteiger partial charge >= 0.3 is 0 Å². The summed E-state index contributed by atoms with van der Waals surface area (Å²) < 4.78 is 0.918. The molecule has 1 rings (SSSR count). The summed E-state index contributed by atoms with van der Waals surface area (Å²) in [5.74, 6) is 0.243. The van der Waals surface area contributed by atoms with Crippen LogP contribution in [0.1, 0.15) is 18.1 Å². The Balaban J connectivity index is 3.17. The maximum Gasteiger partial charge on any atom is 0.134 e. The second-order valence-corrected chi connectivity index (χ2v) is 3.90. The Kier molecular flexibility index (Phi) is 3.09. The van der Waals surface area contributed by atoms with E-state index in [4.69, 9.17) is 0 Å². The van der Waals surface area contributed by atoms with Crippen molar-refractivity contribution >= 4 is 21.7 Å². The third-order valence-corrected chi connectivity index (χ3v) is 2.79. The van der Waals surface area contributed by atoms with Crippen LogP contribution >= 0.6 is 15.9 Å². The van der Waals surface area contributed by atoms with Gasteiger partial charge in [0.05, 0.1) is 0 Å². The summed E-state index contributed by atoms with van der Waals surface area (Å²) in [5.41, 5.74) is 1.64. The first kappa shape index (κ1) is 10.3. The minimum absolute atomic E-state index is 0.0523. The molecule has 0 saturated heterocycles. The van der Waals surface area contributed by atoms with Crippen LogP contribution in [0.4, 0.5) is 0 Å². The molecule has 0 aliphatic carbocycles. The lowest BCUT2D eigenvalue weighted by atomic mass is 10.0. The molecule has 0 aliphatic rings. The van der Waals surface area contributed by atoms with Crippen LogP contribution in [-0.4, -0.2) is 10.9 Å². The number of carbonyl (C=O) groups excluding carboxylic acids is 1. The Morgan fingerprint density at radius 1 is 1.54 bits per heavy atom. The van der Waals surface area contributed by atoms with E-state index in [2.05, 4.69) is 15.9 Å². The number of aromatic hydroxyl groups is 1. The van der Waals surface area contributed by atoms with Crippen molar-refractivity contribution < 1.29 is 9.90 Å². The highest BCUT2D eigenvalue weighted by Gasteiger charge is 2.09. The van der Waals surface area contributed by atoms with Gasteiger partial charge in [-0.1, -0.05) is 15.9 Å². The van der Waals surface area contributed by atoms with Gasteiger partial charge in [-0.25, -0.2) is 0 Å². The van der Waals surface area contributed by atoms with E-state index in [0.29, 0.717) is 5.56 Å². The normalized spacial score (nSPS) is 10.1. The number of ketones is 1. The Labute approximate surface area is 85.7 Å². The lowest BCUT2D eigenvalue weighted by Gasteiger charge is -2.07. The molecular formula is C10H11BrO2. The van der Waals surface area contributed by atoms with Crippen LogP contribution in [0.5, 0.6) is 5.75 Å². The van der Waals surface area contributed by atoms with Gasteiger partial charge < -0.3 is 5.11 Å². The summed E-state index contributed by atoms with van der Waals surface area (Å²) in [6.45, 7) is 3.39. The molecule has 0 bridgehead atoms. The molecule has 0 amide bonds. The first-order valence-electron chi connectivity index (χ1n) is 3.98. The van der Waals surface area contributed by atoms with Crippen LogP contribution in [0, 0.1) is 6.92 Å². The molecule has 0 radical (unpaired) electrons. The summed E-state index contributed by atoms with van der Waals surface area (Å²) in [4.78, 5) is 10.9. The Bertz CT molecular complexity index is 345. The predicted molar refractivity (Wildman–Crippen MR) is 54.9 cm³/mol. The number of rotatable bonds is 2. The topological polar surface area (TPSA) is 37.3 Å². The summed E-state index contributed by atoms with van der Waals surface area (Å²) in [5, 5.41) is 9.49. The lowest BCUT2D eigenvalue weighted by Crippen LogP contribution is -1.99. The first-order valence-corrected chi connectivity index (χ1v) is 4.78. The monoisotopic (exact) mass is 242 g/mol. The van der Waals surface area contributed by atoms with Crippen molar-refractivity contribution in [3.63, 3.8) is 0 Å². The van der Waals surface area contributed by atoms with E-state index in [1.54, 1.807) is 12.1 Å². The Morgan fingerprint density at radius 2 is 2.15 bits per heavy atom. The molecule has 0 atom stereocenters. The molecule has 0 fully saturated rings. The van der Waals surface area contributed by atoms with Gasteiger partial charge in [0.2, 0.25) is 0 Å². The fraction of sp³-hybridized carbons (Fsp3) is 0.300. The maximum absolute atomic E-state index is 10.9. The first-order chi connectivity index (χ1) is 6.02. The summed E-state index contributed by atoms with van der Waals surface area (Å²) in [6, 6.07) is 3.36. The van der Waals surface area contributed by atoms with Crippen LogP contribution in [-0.2, 0) is 11.2 Å². The molecule has 1 N–H and O–H groups in total. The zero-order valence-electron chi connectivity index (χ0n) is 7.60. The van der Waals surface area contributed by atoms with E-state index >= 15 is 0 Å². The fourth-order valence-corrected chi connectivity index (χ4v) is 1.56. The molecule has 0 spiro atoms. The van der Waals surface area contributed by atoms with Crippen LogP contribution in [0.3, 0.4) is 0 Å². The van der Waals surface area contributed by atoms with Crippen molar-refractivity contribution in [3.8, 4) is 5.75 Å². The Morgan fingerprint density at radius 3 is 2.69 bits per heavy atom. The molecule has 0 saturated carbocycles. The quantitative estimate of drug-likeness (QED) is 0.866. The van der Waals surface area contributed by atoms with Gasteiger partial charge in [0.15, 0.2) is 0 Å². The van der Waals surface area contributed by atoms with E-state index < -0.39 is 0 Å². The van der Waals surface area contributed by atoms with E-state index in [1.807, 2.05) is 6.92 Å². The van der Waals surface area contributed by atoms with Crippen molar-refractivity contribution in [1.29, 1.82) is 0 Å². The highest BCUT2D eigenvalue weighted by molar-refractivity contribution is 9.10. The minimum Gasteiger partial charge on any atom is -0.508 e. The number of phenols is 1. The third kappa shape index (κ3) is 2.31. The number of Topliss-reactive ketones (excluding diaryl/α,β-unsaturated/α-hetero) is 1. The highest BCUT2D eigenvalue weighted by atomic mass is 79.9. The van der Waals surface area contributed by atoms with Gasteiger partial charge in [0.1, 0.15) is 11.5 Å². The zero-order valence-corrected chi connectivity index (χ0v) is 9.18. The smallest absolute Gasteiger partial charge is 0.134 e. The van der Waals surface area contributed by atoms with Gasteiger partial charge in [-0.05, 0) is 31.5 Å². The minimum atomic E-state index is 0.0523. The number of hydrogen-bond acceptors (Lipinski definition) is 2. The third-order valence-electron chi connectivity index (χ3n) is 1.93. The van der Waals surface area contributed by atoms with E-state index in [-0.39, 0.29) is 18.0 Å². The van der Waals surface area contributed by atoms with Gasteiger partial charge in [0, 0.05) is 16.5 Å². The molecule has 0 unspecified atom stereocenters. The van der Waals surface area contributed by atoms with E-state index in [1.165, 1.54) is 6.92 Å². The lowest BCUT2D eigenvalue weighted by molar-refractivity contribution is -0.116. The molecular weight excluding hydrogens is 232 g/mol. The number of halogens is 1. The van der Waals surface area contributed by atoms with Crippen LogP contribution in [0.25, 0.3) is 0 Å². The summed E-state index contributed by atoms with van der Waals surface area (Å²) in [7, 11) is 0. The summed E-state index contributed by atoms with van der Waals surface area (Å²) >= 11 is 3.35. The predicted octanol–water partition coefficient (Wildman–Crippen LogP) is 2.59. The number of phenolic OH excluding ortho intramolecular Hbond substituents is 1. The highest BCUT2D eigenvalue weighted by Crippen LogP contribution is 2.27. The second kappa shape index (κ2) is 3.92. The van der Waals surface area contributed by atoms with Crippen molar-refractivity contribution in [3.05, 3.63) is 27.7 Å². The summed E-state index contributed by atoms with van der Waals surface area (Å²) in [6.07, 6.45) is 0.289. The average molecular weight is 243 g/mol. The van der Waals surface area contributed by atoms with E-state index in [9.17, 15) is 9.90 Å². The number of carbonyl (C=O) groups is 1. The standard InChI is InChI=1S/C10H11BrO2/c1-6(12)5-8-7(2)9(11)3-4-10(8)13/h3-4,13H,5H2,1-2H3. The van der Waals surface area contributed by atoms with Gasteiger partial charge in [-0.15, -0.1) is 0 Å². The van der Waals surface area contributed by atoms with Gasteiger partial charge in [-0.3, -0.25) is 4.79 Å². The van der Waals surface area contributed by atoms with Gasteiger partial charge in [0.25, 0.3) is 0 Å². The molecule has 2 nitrogen and oxygen atoms in total. The van der Waals surface area contributed by atoms with Crippen molar-refractivity contribution in [2.24, 2.45) is 0 Å². The van der Waals surface area contributed by atoms with Gasteiger partial charge in [-0.2, -0.15) is 0 Å². The molecule has 3 heteroatoms. The molecule has 1 aromatic carbocycles. The average Bonchev–Trinajstić information content (AvgIpc) is 2.05. The molecule has 13 heavy (non-hydrogen) atoms.